The Labute approximate surface area is 115 Å². The quantitative estimate of drug-likeness (QED) is 0.616. The molecule has 2 heterocycles. The Hall–Kier alpha value is -2.26. The van der Waals surface area contributed by atoms with Crippen LogP contribution in [0.2, 0.25) is 0 Å². The highest BCUT2D eigenvalue weighted by atomic mass is 16.5. The summed E-state index contributed by atoms with van der Waals surface area (Å²) < 4.78 is 6.70. The van der Waals surface area contributed by atoms with Crippen molar-refractivity contribution in [1.82, 2.24) is 24.5 Å². The maximum atomic E-state index is 9.01. The van der Waals surface area contributed by atoms with Gasteiger partial charge in [-0.2, -0.15) is 15.0 Å². The Bertz CT molecular complexity index is 526. The first-order chi connectivity index (χ1) is 9.72. The van der Waals surface area contributed by atoms with Crippen molar-refractivity contribution >= 4 is 11.9 Å². The number of nitrogens with zero attached hydrogens (tertiary/aromatic N) is 5. The molecule has 0 radical (unpaired) electrons. The van der Waals surface area contributed by atoms with E-state index in [2.05, 4.69) is 25.3 Å². The van der Waals surface area contributed by atoms with E-state index in [1.165, 1.54) is 0 Å². The first-order valence-corrected chi connectivity index (χ1v) is 6.09. The fraction of sp³-hybridized carbons (Fsp3) is 0.455. The maximum Gasteiger partial charge on any atom is 0.241 e. The van der Waals surface area contributed by atoms with E-state index in [0.29, 0.717) is 24.9 Å². The number of hydrogen-bond donors (Lipinski definition) is 3. The molecule has 0 saturated carbocycles. The van der Waals surface area contributed by atoms with E-state index in [4.69, 9.17) is 15.6 Å². The topological polar surface area (TPSA) is 124 Å². The van der Waals surface area contributed by atoms with Gasteiger partial charge in [-0.25, -0.2) is 4.98 Å². The van der Waals surface area contributed by atoms with Gasteiger partial charge in [-0.1, -0.05) is 0 Å². The van der Waals surface area contributed by atoms with Crippen molar-refractivity contribution in [2.45, 2.75) is 12.5 Å². The van der Waals surface area contributed by atoms with Crippen LogP contribution in [-0.2, 0) is 4.74 Å². The van der Waals surface area contributed by atoms with E-state index in [1.54, 1.807) is 30.4 Å². The summed E-state index contributed by atoms with van der Waals surface area (Å²) in [5, 5.41) is 12.1. The van der Waals surface area contributed by atoms with Gasteiger partial charge >= 0.3 is 0 Å². The van der Waals surface area contributed by atoms with E-state index in [1.807, 2.05) is 0 Å². The lowest BCUT2D eigenvalue weighted by atomic mass is 10.2. The number of hydrogen-bond acceptors (Lipinski definition) is 8. The zero-order valence-electron chi connectivity index (χ0n) is 11.1. The third-order valence-electron chi connectivity index (χ3n) is 2.55. The van der Waals surface area contributed by atoms with Gasteiger partial charge < -0.3 is 20.9 Å². The summed E-state index contributed by atoms with van der Waals surface area (Å²) in [4.78, 5) is 16.2. The summed E-state index contributed by atoms with van der Waals surface area (Å²) in [6.07, 6.45) is 5.41. The number of methoxy groups -OCH3 is 1. The van der Waals surface area contributed by atoms with Gasteiger partial charge in [0.05, 0.1) is 12.6 Å². The molecule has 0 saturated heterocycles. The molecule has 2 aromatic heterocycles. The van der Waals surface area contributed by atoms with Gasteiger partial charge in [0.25, 0.3) is 0 Å². The molecule has 0 aromatic carbocycles. The molecular weight excluding hydrogens is 262 g/mol. The Morgan fingerprint density at radius 1 is 1.45 bits per heavy atom. The van der Waals surface area contributed by atoms with Crippen molar-refractivity contribution in [3.05, 3.63) is 18.7 Å². The Balaban J connectivity index is 2.19. The van der Waals surface area contributed by atoms with Crippen molar-refractivity contribution in [3.8, 4) is 5.95 Å². The number of ether oxygens (including phenoxy) is 1. The number of nitrogen functional groups attached to an aromatic ring is 1. The van der Waals surface area contributed by atoms with Gasteiger partial charge in [0.2, 0.25) is 17.8 Å². The molecule has 0 spiro atoms. The van der Waals surface area contributed by atoms with E-state index in [0.717, 1.165) is 0 Å². The molecular formula is C11H17N7O2. The van der Waals surface area contributed by atoms with Crippen LogP contribution < -0.4 is 11.1 Å². The summed E-state index contributed by atoms with van der Waals surface area (Å²) in [5.41, 5.74) is 5.67. The second-order valence-electron chi connectivity index (χ2n) is 4.10. The van der Waals surface area contributed by atoms with Crippen molar-refractivity contribution in [3.63, 3.8) is 0 Å². The number of anilines is 2. The summed E-state index contributed by atoms with van der Waals surface area (Å²) in [7, 11) is 1.59. The molecule has 20 heavy (non-hydrogen) atoms. The summed E-state index contributed by atoms with van der Waals surface area (Å²) in [6.45, 7) is 0.461. The standard InChI is InChI=1S/C11H17N7O2/c1-20-6-8(2-5-19)14-10-15-9(12)16-11(17-10)18-4-3-13-7-18/h3-4,7-8,19H,2,5-6H2,1H3,(H3,12,14,15,16,17). The normalized spacial score (nSPS) is 12.3. The Kier molecular flexibility index (Phi) is 4.80. The average molecular weight is 279 g/mol. The second kappa shape index (κ2) is 6.78. The lowest BCUT2D eigenvalue weighted by molar-refractivity contribution is 0.170. The molecule has 0 aliphatic carbocycles. The number of rotatable bonds is 7. The number of nitrogens with one attached hydrogen (secondary N) is 1. The first kappa shape index (κ1) is 14.2. The fourth-order valence-corrected chi connectivity index (χ4v) is 1.67. The predicted octanol–water partition coefficient (Wildman–Crippen LogP) is -0.551. The van der Waals surface area contributed by atoms with Crippen molar-refractivity contribution in [1.29, 1.82) is 0 Å². The fourth-order valence-electron chi connectivity index (χ4n) is 1.67. The number of aliphatic hydroxyl groups is 1. The molecule has 9 heteroatoms. The zero-order chi connectivity index (χ0) is 14.4. The average Bonchev–Trinajstić information content (AvgIpc) is 2.92. The van der Waals surface area contributed by atoms with Gasteiger partial charge in [0, 0.05) is 26.1 Å². The number of imidazole rings is 1. The van der Waals surface area contributed by atoms with Crippen LogP contribution in [0, 0.1) is 0 Å². The molecule has 0 aliphatic rings. The Morgan fingerprint density at radius 2 is 2.30 bits per heavy atom. The molecule has 0 fully saturated rings. The molecule has 1 atom stereocenters. The highest BCUT2D eigenvalue weighted by Gasteiger charge is 2.12. The Morgan fingerprint density at radius 3 is 2.95 bits per heavy atom. The van der Waals surface area contributed by atoms with E-state index in [9.17, 15) is 0 Å². The zero-order valence-corrected chi connectivity index (χ0v) is 11.1. The molecule has 4 N–H and O–H groups in total. The molecule has 1 unspecified atom stereocenters. The van der Waals surface area contributed by atoms with Crippen LogP contribution in [0.25, 0.3) is 5.95 Å². The van der Waals surface area contributed by atoms with Crippen LogP contribution in [0.1, 0.15) is 6.42 Å². The minimum absolute atomic E-state index is 0.0377. The van der Waals surface area contributed by atoms with Crippen molar-refractivity contribution in [2.24, 2.45) is 0 Å². The summed E-state index contributed by atoms with van der Waals surface area (Å²) in [6, 6.07) is -0.109. The molecule has 0 aliphatic heterocycles. The first-order valence-electron chi connectivity index (χ1n) is 6.09. The van der Waals surface area contributed by atoms with Gasteiger partial charge in [-0.3, -0.25) is 4.57 Å². The predicted molar refractivity (Wildman–Crippen MR) is 72.4 cm³/mol. The summed E-state index contributed by atoms with van der Waals surface area (Å²) in [5.74, 6) is 0.806. The molecule has 2 aromatic rings. The van der Waals surface area contributed by atoms with Crippen molar-refractivity contribution in [2.75, 3.05) is 31.4 Å². The molecule has 0 bridgehead atoms. The number of aromatic nitrogens is 5. The van der Waals surface area contributed by atoms with Crippen molar-refractivity contribution < 1.29 is 9.84 Å². The minimum atomic E-state index is -0.109. The van der Waals surface area contributed by atoms with E-state index in [-0.39, 0.29) is 18.6 Å². The molecule has 0 amide bonds. The third-order valence-corrected chi connectivity index (χ3v) is 2.55. The second-order valence-corrected chi connectivity index (χ2v) is 4.10. The maximum absolute atomic E-state index is 9.01. The van der Waals surface area contributed by atoms with Crippen LogP contribution >= 0.6 is 0 Å². The van der Waals surface area contributed by atoms with Gasteiger partial charge in [-0.15, -0.1) is 0 Å². The number of aliphatic hydroxyl groups excluding tert-OH is 1. The number of nitrogens with two attached hydrogens (primary N) is 1. The summed E-state index contributed by atoms with van der Waals surface area (Å²) >= 11 is 0. The van der Waals surface area contributed by atoms with Crippen LogP contribution in [0.5, 0.6) is 0 Å². The minimum Gasteiger partial charge on any atom is -0.396 e. The highest BCUT2D eigenvalue weighted by Crippen LogP contribution is 2.09. The molecule has 9 nitrogen and oxygen atoms in total. The van der Waals surface area contributed by atoms with Gasteiger partial charge in [-0.05, 0) is 6.42 Å². The highest BCUT2D eigenvalue weighted by molar-refractivity contribution is 5.35. The van der Waals surface area contributed by atoms with E-state index >= 15 is 0 Å². The van der Waals surface area contributed by atoms with Crippen LogP contribution in [-0.4, -0.2) is 56.0 Å². The van der Waals surface area contributed by atoms with Crippen LogP contribution in [0.3, 0.4) is 0 Å². The SMILES string of the molecule is COCC(CCO)Nc1nc(N)nc(-n2ccnc2)n1. The lowest BCUT2D eigenvalue weighted by Gasteiger charge is -2.17. The largest absolute Gasteiger partial charge is 0.396 e. The smallest absolute Gasteiger partial charge is 0.241 e. The van der Waals surface area contributed by atoms with Crippen LogP contribution in [0.15, 0.2) is 18.7 Å². The lowest BCUT2D eigenvalue weighted by Crippen LogP contribution is -2.27. The molecule has 2 rings (SSSR count). The monoisotopic (exact) mass is 279 g/mol. The van der Waals surface area contributed by atoms with Crippen LogP contribution in [0.4, 0.5) is 11.9 Å². The molecule has 108 valence electrons. The third kappa shape index (κ3) is 3.62. The van der Waals surface area contributed by atoms with Gasteiger partial charge in [0.15, 0.2) is 0 Å². The van der Waals surface area contributed by atoms with Gasteiger partial charge in [0.1, 0.15) is 6.33 Å². The van der Waals surface area contributed by atoms with E-state index < -0.39 is 0 Å².